The first-order chi connectivity index (χ1) is 3.68. The molecule has 0 aliphatic rings. The van der Waals surface area contributed by atoms with Gasteiger partial charge in [-0.05, 0) is 5.75 Å². The lowest BCUT2D eigenvalue weighted by Crippen LogP contribution is -2.22. The highest BCUT2D eigenvalue weighted by Gasteiger charge is 1.91. The Hall–Kier alpha value is -0.150. The third kappa shape index (κ3) is 2.93. The Labute approximate surface area is 54.7 Å². The van der Waals surface area contributed by atoms with E-state index in [-0.39, 0.29) is 0 Å². The Morgan fingerprint density at radius 1 is 1.88 bits per heavy atom. The lowest BCUT2D eigenvalue weighted by atomic mass is 10.9. The summed E-state index contributed by atoms with van der Waals surface area (Å²) in [6, 6.07) is 0. The largest absolute Gasteiger partial charge is 0.308 e. The minimum Gasteiger partial charge on any atom is -0.308 e. The topological polar surface area (TPSA) is 29.3 Å². The van der Waals surface area contributed by atoms with Gasteiger partial charge in [0.2, 0.25) is 0 Å². The molecule has 0 aromatic rings. The standard InChI is InChI=1S/C5H12N2S/c1-4-8-5(2)7(3)6/h2,4,6H2,1,3H3. The molecule has 0 aromatic carbocycles. The molecule has 0 saturated carbocycles. The summed E-state index contributed by atoms with van der Waals surface area (Å²) in [7, 11) is 1.78. The van der Waals surface area contributed by atoms with Crippen LogP contribution in [0.25, 0.3) is 0 Å². The maximum atomic E-state index is 5.33. The van der Waals surface area contributed by atoms with E-state index in [2.05, 4.69) is 13.5 Å². The van der Waals surface area contributed by atoms with Gasteiger partial charge >= 0.3 is 0 Å². The number of nitrogens with two attached hydrogens (primary N) is 1. The van der Waals surface area contributed by atoms with Crippen molar-refractivity contribution in [2.24, 2.45) is 5.84 Å². The predicted octanol–water partition coefficient (Wildman–Crippen LogP) is 1.02. The number of rotatable bonds is 3. The lowest BCUT2D eigenvalue weighted by molar-refractivity contribution is 0.474. The zero-order valence-electron chi connectivity index (χ0n) is 5.35. The number of hydrogen-bond acceptors (Lipinski definition) is 3. The average Bonchev–Trinajstić information content (AvgIpc) is 1.67. The highest BCUT2D eigenvalue weighted by molar-refractivity contribution is 8.02. The number of hydrogen-bond donors (Lipinski definition) is 1. The molecule has 0 saturated heterocycles. The van der Waals surface area contributed by atoms with Crippen molar-refractivity contribution in [2.45, 2.75) is 6.92 Å². The van der Waals surface area contributed by atoms with Crippen LogP contribution < -0.4 is 5.84 Å². The van der Waals surface area contributed by atoms with Gasteiger partial charge in [-0.15, -0.1) is 11.8 Å². The second kappa shape index (κ2) is 3.80. The molecule has 0 fully saturated rings. The molecule has 0 rings (SSSR count). The molecular weight excluding hydrogens is 120 g/mol. The smallest absolute Gasteiger partial charge is 0.0772 e. The van der Waals surface area contributed by atoms with Crippen LogP contribution in [0.3, 0.4) is 0 Å². The molecule has 8 heavy (non-hydrogen) atoms. The van der Waals surface area contributed by atoms with Crippen molar-refractivity contribution < 1.29 is 0 Å². The van der Waals surface area contributed by atoms with E-state index in [0.29, 0.717) is 0 Å². The van der Waals surface area contributed by atoms with Crippen LogP contribution in [-0.2, 0) is 0 Å². The fourth-order valence-corrected chi connectivity index (χ4v) is 0.805. The Balaban J connectivity index is 3.33. The van der Waals surface area contributed by atoms with E-state index < -0.39 is 0 Å². The quantitative estimate of drug-likeness (QED) is 0.459. The first-order valence-corrected chi connectivity index (χ1v) is 3.47. The SMILES string of the molecule is C=C(SCC)N(C)N. The van der Waals surface area contributed by atoms with E-state index in [1.165, 1.54) is 5.01 Å². The van der Waals surface area contributed by atoms with Gasteiger partial charge in [-0.3, -0.25) is 0 Å². The highest BCUT2D eigenvalue weighted by Crippen LogP contribution is 2.11. The molecule has 0 heterocycles. The lowest BCUT2D eigenvalue weighted by Gasteiger charge is -2.12. The van der Waals surface area contributed by atoms with Crippen molar-refractivity contribution in [3.8, 4) is 0 Å². The van der Waals surface area contributed by atoms with Crippen LogP contribution in [0.15, 0.2) is 11.6 Å². The second-order valence-electron chi connectivity index (χ2n) is 1.44. The summed E-state index contributed by atoms with van der Waals surface area (Å²) in [4.78, 5) is 0. The number of hydrazine groups is 1. The molecule has 0 atom stereocenters. The summed E-state index contributed by atoms with van der Waals surface area (Å²) < 4.78 is 0. The molecule has 0 bridgehead atoms. The minimum atomic E-state index is 0.910. The fourth-order valence-electron chi connectivity index (χ4n) is 0.268. The summed E-state index contributed by atoms with van der Waals surface area (Å²) in [5.74, 6) is 6.36. The van der Waals surface area contributed by atoms with Crippen molar-refractivity contribution >= 4 is 11.8 Å². The van der Waals surface area contributed by atoms with Gasteiger partial charge in [0.05, 0.1) is 5.03 Å². The van der Waals surface area contributed by atoms with Crippen molar-refractivity contribution in [3.63, 3.8) is 0 Å². The van der Waals surface area contributed by atoms with Crippen LogP contribution in [-0.4, -0.2) is 17.8 Å². The van der Waals surface area contributed by atoms with E-state index in [4.69, 9.17) is 5.84 Å². The van der Waals surface area contributed by atoms with Crippen LogP contribution in [0.1, 0.15) is 6.92 Å². The van der Waals surface area contributed by atoms with Crippen LogP contribution in [0.2, 0.25) is 0 Å². The van der Waals surface area contributed by atoms with E-state index in [0.717, 1.165) is 10.8 Å². The van der Waals surface area contributed by atoms with Gasteiger partial charge in [-0.2, -0.15) is 0 Å². The normalized spacial score (nSPS) is 8.88. The zero-order valence-corrected chi connectivity index (χ0v) is 6.16. The van der Waals surface area contributed by atoms with Crippen molar-refractivity contribution in [3.05, 3.63) is 11.6 Å². The predicted molar refractivity (Wildman–Crippen MR) is 39.2 cm³/mol. The van der Waals surface area contributed by atoms with Gasteiger partial charge in [0, 0.05) is 7.05 Å². The van der Waals surface area contributed by atoms with Crippen molar-refractivity contribution in [1.82, 2.24) is 5.01 Å². The van der Waals surface area contributed by atoms with E-state index in [9.17, 15) is 0 Å². The molecule has 0 aliphatic heterocycles. The first-order valence-electron chi connectivity index (χ1n) is 2.48. The fraction of sp³-hybridized carbons (Fsp3) is 0.600. The molecule has 48 valence electrons. The van der Waals surface area contributed by atoms with E-state index >= 15 is 0 Å². The van der Waals surface area contributed by atoms with Gasteiger partial charge < -0.3 is 5.01 Å². The third-order valence-electron chi connectivity index (χ3n) is 0.704. The molecule has 3 heteroatoms. The Morgan fingerprint density at radius 3 is 2.50 bits per heavy atom. The summed E-state index contributed by atoms with van der Waals surface area (Å²) in [5, 5.41) is 2.43. The van der Waals surface area contributed by atoms with Crippen molar-refractivity contribution in [2.75, 3.05) is 12.8 Å². The molecule has 0 radical (unpaired) electrons. The molecule has 0 unspecified atom stereocenters. The number of nitrogens with zero attached hydrogens (tertiary/aromatic N) is 1. The average molecular weight is 132 g/mol. The molecule has 0 aliphatic carbocycles. The van der Waals surface area contributed by atoms with Crippen molar-refractivity contribution in [1.29, 1.82) is 0 Å². The minimum absolute atomic E-state index is 0.910. The van der Waals surface area contributed by atoms with Gasteiger partial charge in [0.1, 0.15) is 0 Å². The second-order valence-corrected chi connectivity index (χ2v) is 2.77. The van der Waals surface area contributed by atoms with Crippen LogP contribution in [0, 0.1) is 0 Å². The first kappa shape index (κ1) is 7.85. The number of thioether (sulfide) groups is 1. The summed E-state index contributed by atoms with van der Waals surface area (Å²) >= 11 is 1.65. The highest BCUT2D eigenvalue weighted by atomic mass is 32.2. The monoisotopic (exact) mass is 132 g/mol. The molecule has 2 N–H and O–H groups in total. The molecule has 2 nitrogen and oxygen atoms in total. The van der Waals surface area contributed by atoms with Crippen LogP contribution in [0.5, 0.6) is 0 Å². The van der Waals surface area contributed by atoms with Gasteiger partial charge in [0.15, 0.2) is 0 Å². The van der Waals surface area contributed by atoms with Gasteiger partial charge in [0.25, 0.3) is 0 Å². The molecule has 0 aromatic heterocycles. The summed E-state index contributed by atoms with van der Waals surface area (Å²) in [6.07, 6.45) is 0. The Kier molecular flexibility index (Phi) is 3.73. The zero-order chi connectivity index (χ0) is 6.57. The van der Waals surface area contributed by atoms with Crippen LogP contribution in [0.4, 0.5) is 0 Å². The maximum Gasteiger partial charge on any atom is 0.0772 e. The summed E-state index contributed by atoms with van der Waals surface area (Å²) in [5.41, 5.74) is 0. The molecule has 0 spiro atoms. The third-order valence-corrected chi connectivity index (χ3v) is 1.61. The maximum absolute atomic E-state index is 5.33. The summed E-state index contributed by atoms with van der Waals surface area (Å²) in [6.45, 7) is 5.78. The van der Waals surface area contributed by atoms with Crippen LogP contribution >= 0.6 is 11.8 Å². The van der Waals surface area contributed by atoms with Gasteiger partial charge in [-0.1, -0.05) is 13.5 Å². The molecular formula is C5H12N2S. The van der Waals surface area contributed by atoms with E-state index in [1.54, 1.807) is 18.8 Å². The molecule has 0 amide bonds. The Morgan fingerprint density at radius 2 is 2.38 bits per heavy atom. The Bertz CT molecular complexity index is 80.5. The van der Waals surface area contributed by atoms with Gasteiger partial charge in [-0.25, -0.2) is 5.84 Å². The van der Waals surface area contributed by atoms with E-state index in [1.807, 2.05) is 0 Å².